The number of halogens is 6. The standard InChI is InChI=1S/C64H48F6N4/c65-63(66,67)57-59(71-49-25-9-1-17-41(49)33-34-42-18-2-10-26-50(42)71)58(64(68,69)70)61(73-53-29-13-5-21-45(53)37-38-46-22-6-14-30-54(46)73)62(74-55-31-15-7-23-47(55)39-40-48-24-8-16-32-56(48)74)60(57)72-51-27-11-3-19-43(51)35-36-44-20-4-12-28-52(44)72/h1-32H,33-40H2. The Kier molecular flexibility index (Phi) is 10.9. The zero-order valence-electron chi connectivity index (χ0n) is 40.2. The molecule has 0 unspecified atom stereocenters. The van der Waals surface area contributed by atoms with E-state index in [-0.39, 0.29) is 17.1 Å². The molecule has 4 aliphatic heterocycles. The van der Waals surface area contributed by atoms with E-state index in [4.69, 9.17) is 0 Å². The van der Waals surface area contributed by atoms with Gasteiger partial charge in [0, 0.05) is 45.5 Å². The van der Waals surface area contributed by atoms with Crippen molar-refractivity contribution in [2.45, 2.75) is 63.7 Å². The Labute approximate surface area is 426 Å². The lowest BCUT2D eigenvalue weighted by Gasteiger charge is -2.43. The number of benzene rings is 9. The molecule has 0 aliphatic carbocycles. The van der Waals surface area contributed by atoms with Gasteiger partial charge in [0.05, 0.1) is 22.7 Å². The average molecular weight is 987 g/mol. The highest BCUT2D eigenvalue weighted by atomic mass is 19.4. The number of rotatable bonds is 4. The molecule has 0 radical (unpaired) electrons. The van der Waals surface area contributed by atoms with Crippen molar-refractivity contribution in [3.05, 3.63) is 250 Å². The molecule has 0 saturated carbocycles. The van der Waals surface area contributed by atoms with E-state index in [0.717, 1.165) is 33.4 Å². The first kappa shape index (κ1) is 45.6. The van der Waals surface area contributed by atoms with Crippen LogP contribution in [0, 0.1) is 0 Å². The maximum atomic E-state index is 18.2. The van der Waals surface area contributed by atoms with Gasteiger partial charge in [-0.15, -0.1) is 0 Å². The van der Waals surface area contributed by atoms with Crippen molar-refractivity contribution in [2.24, 2.45) is 0 Å². The fourth-order valence-corrected chi connectivity index (χ4v) is 12.2. The smallest absolute Gasteiger partial charge is 0.309 e. The molecule has 4 nitrogen and oxygen atoms in total. The van der Waals surface area contributed by atoms with E-state index in [2.05, 4.69) is 0 Å². The third-order valence-corrected chi connectivity index (χ3v) is 15.4. The lowest BCUT2D eigenvalue weighted by atomic mass is 9.91. The molecule has 366 valence electrons. The molecule has 0 bridgehead atoms. The topological polar surface area (TPSA) is 13.0 Å². The third kappa shape index (κ3) is 7.44. The van der Waals surface area contributed by atoms with E-state index in [9.17, 15) is 0 Å². The van der Waals surface area contributed by atoms with E-state index in [1.165, 1.54) is 4.90 Å². The number of aryl methyl sites for hydroxylation is 8. The minimum absolute atomic E-state index is 0.246. The maximum absolute atomic E-state index is 18.2. The number of nitrogens with zero attached hydrogens (tertiary/aromatic N) is 4. The number of hydrogen-bond acceptors (Lipinski definition) is 4. The fraction of sp³-hybridized carbons (Fsp3) is 0.156. The Morgan fingerprint density at radius 2 is 0.378 bits per heavy atom. The Morgan fingerprint density at radius 1 is 0.216 bits per heavy atom. The summed E-state index contributed by atoms with van der Waals surface area (Å²) >= 11 is 0. The molecule has 0 atom stereocenters. The minimum Gasteiger partial charge on any atom is -0.309 e. The first-order valence-electron chi connectivity index (χ1n) is 25.3. The Hall–Kier alpha value is -8.24. The second-order valence-corrected chi connectivity index (χ2v) is 19.5. The van der Waals surface area contributed by atoms with E-state index < -0.39 is 40.5 Å². The van der Waals surface area contributed by atoms with E-state index in [0.29, 0.717) is 96.6 Å². The molecule has 74 heavy (non-hydrogen) atoms. The number of para-hydroxylation sites is 8. The molecule has 0 spiro atoms. The average Bonchev–Trinajstić information content (AvgIpc) is 3.86. The molecule has 9 aromatic carbocycles. The molecule has 0 aromatic heterocycles. The molecule has 9 aromatic rings. The van der Waals surface area contributed by atoms with Crippen molar-refractivity contribution in [1.82, 2.24) is 0 Å². The highest BCUT2D eigenvalue weighted by Crippen LogP contribution is 2.67. The molecular formula is C64H48F6N4. The van der Waals surface area contributed by atoms with Crippen LogP contribution in [0.15, 0.2) is 194 Å². The van der Waals surface area contributed by atoms with Crippen molar-refractivity contribution in [3.63, 3.8) is 0 Å². The Bertz CT molecular complexity index is 3340. The zero-order chi connectivity index (χ0) is 50.3. The van der Waals surface area contributed by atoms with Gasteiger partial charge in [-0.2, -0.15) is 26.3 Å². The van der Waals surface area contributed by atoms with Crippen LogP contribution >= 0.6 is 0 Å². The van der Waals surface area contributed by atoms with Crippen LogP contribution in [0.5, 0.6) is 0 Å². The van der Waals surface area contributed by atoms with Gasteiger partial charge in [0.25, 0.3) is 0 Å². The zero-order valence-corrected chi connectivity index (χ0v) is 40.2. The SMILES string of the molecule is FC(F)(F)c1c(N2c3ccccc3CCc3ccccc32)c(N2c3ccccc3CCc3ccccc32)c(N2c3ccccc3CCc3ccccc32)c(C(F)(F)F)c1N1c2ccccc2CCc2ccccc21. The van der Waals surface area contributed by atoms with Gasteiger partial charge in [0.1, 0.15) is 11.1 Å². The third-order valence-electron chi connectivity index (χ3n) is 15.4. The van der Waals surface area contributed by atoms with Gasteiger partial charge in [0.2, 0.25) is 0 Å². The van der Waals surface area contributed by atoms with Crippen LogP contribution in [0.3, 0.4) is 0 Å². The number of alkyl halides is 6. The van der Waals surface area contributed by atoms with Gasteiger partial charge in [-0.3, -0.25) is 0 Å². The molecule has 0 fully saturated rings. The molecule has 13 rings (SSSR count). The second kappa shape index (κ2) is 17.8. The van der Waals surface area contributed by atoms with E-state index in [1.807, 2.05) is 133 Å². The molecule has 0 saturated heterocycles. The van der Waals surface area contributed by atoms with Crippen molar-refractivity contribution >= 4 is 68.2 Å². The predicted octanol–water partition coefficient (Wildman–Crippen LogP) is 18.0. The molecule has 4 aliphatic rings. The van der Waals surface area contributed by atoms with Crippen LogP contribution in [0.2, 0.25) is 0 Å². The molecular weight excluding hydrogens is 939 g/mol. The molecule has 0 amide bonds. The summed E-state index contributed by atoms with van der Waals surface area (Å²) in [6.07, 6.45) is -7.14. The van der Waals surface area contributed by atoms with Crippen LogP contribution in [0.25, 0.3) is 0 Å². The van der Waals surface area contributed by atoms with E-state index in [1.54, 1.807) is 75.4 Å². The highest BCUT2D eigenvalue weighted by molar-refractivity contribution is 6.10. The second-order valence-electron chi connectivity index (χ2n) is 19.5. The maximum Gasteiger partial charge on any atom is 0.420 e. The lowest BCUT2D eigenvalue weighted by molar-refractivity contribution is -0.141. The number of hydrogen-bond donors (Lipinski definition) is 0. The Morgan fingerprint density at radius 3 is 0.568 bits per heavy atom. The predicted molar refractivity (Wildman–Crippen MR) is 285 cm³/mol. The largest absolute Gasteiger partial charge is 0.420 e. The summed E-state index contributed by atoms with van der Waals surface area (Å²) in [5, 5.41) is 0. The van der Waals surface area contributed by atoms with Gasteiger partial charge in [-0.1, -0.05) is 146 Å². The normalized spacial score (nSPS) is 14.9. The van der Waals surface area contributed by atoms with Crippen molar-refractivity contribution in [2.75, 3.05) is 19.6 Å². The summed E-state index contributed by atoms with van der Waals surface area (Å²) in [5.74, 6) is 0. The van der Waals surface area contributed by atoms with Crippen LogP contribution in [0.1, 0.15) is 55.6 Å². The number of anilines is 12. The Balaban J connectivity index is 1.37. The fourth-order valence-electron chi connectivity index (χ4n) is 12.2. The van der Waals surface area contributed by atoms with Crippen LogP contribution in [-0.4, -0.2) is 0 Å². The molecule has 4 heterocycles. The van der Waals surface area contributed by atoms with E-state index >= 15 is 26.3 Å². The summed E-state index contributed by atoms with van der Waals surface area (Å²) in [7, 11) is 0. The van der Waals surface area contributed by atoms with Gasteiger partial charge in [-0.05, 0) is 144 Å². The molecule has 10 heteroatoms. The monoisotopic (exact) mass is 986 g/mol. The first-order valence-corrected chi connectivity index (χ1v) is 25.3. The van der Waals surface area contributed by atoms with Crippen LogP contribution < -0.4 is 19.6 Å². The van der Waals surface area contributed by atoms with Crippen molar-refractivity contribution in [3.8, 4) is 0 Å². The highest BCUT2D eigenvalue weighted by Gasteiger charge is 2.53. The summed E-state index contributed by atoms with van der Waals surface area (Å²) in [4.78, 5) is 6.36. The summed E-state index contributed by atoms with van der Waals surface area (Å²) in [5.41, 5.74) is 4.28. The quantitative estimate of drug-likeness (QED) is 0.163. The van der Waals surface area contributed by atoms with Gasteiger partial charge in [-0.25, -0.2) is 0 Å². The lowest BCUT2D eigenvalue weighted by Crippen LogP contribution is -2.31. The first-order chi connectivity index (χ1) is 36.0. The van der Waals surface area contributed by atoms with Crippen molar-refractivity contribution in [1.29, 1.82) is 0 Å². The van der Waals surface area contributed by atoms with Gasteiger partial charge in [0.15, 0.2) is 0 Å². The number of fused-ring (bicyclic) bond motifs is 8. The van der Waals surface area contributed by atoms with Gasteiger partial charge < -0.3 is 19.6 Å². The minimum atomic E-state index is -5.43. The van der Waals surface area contributed by atoms with Gasteiger partial charge >= 0.3 is 12.4 Å². The molecule has 0 N–H and O–H groups in total. The summed E-state index contributed by atoms with van der Waals surface area (Å²) in [6, 6.07) is 58.6. The summed E-state index contributed by atoms with van der Waals surface area (Å²) < 4.78 is 109. The van der Waals surface area contributed by atoms with Crippen LogP contribution in [-0.2, 0) is 63.7 Å². The summed E-state index contributed by atoms with van der Waals surface area (Å²) in [6.45, 7) is 0. The van der Waals surface area contributed by atoms with Crippen LogP contribution in [0.4, 0.5) is 94.6 Å². The van der Waals surface area contributed by atoms with Crippen molar-refractivity contribution < 1.29 is 26.3 Å².